The summed E-state index contributed by atoms with van der Waals surface area (Å²) in [4.78, 5) is 25.1. The molecule has 2 heterocycles. The Morgan fingerprint density at radius 2 is 2.07 bits per heavy atom. The van der Waals surface area contributed by atoms with Gasteiger partial charge in [-0.3, -0.25) is 4.79 Å². The number of carbonyl (C=O) groups excluding carboxylic acids is 1. The Balaban J connectivity index is 1.56. The molecule has 2 fully saturated rings. The fraction of sp³-hybridized carbons (Fsp3) is 0.500. The molecule has 1 spiro atoms. The van der Waals surface area contributed by atoms with Crippen LogP contribution in [-0.4, -0.2) is 60.0 Å². The first kappa shape index (κ1) is 20.5. The fourth-order valence-electron chi connectivity index (χ4n) is 4.28. The third kappa shape index (κ3) is 3.71. The first-order chi connectivity index (χ1) is 14.3. The Bertz CT molecular complexity index is 937. The van der Waals surface area contributed by atoms with E-state index in [1.165, 1.54) is 37.4 Å². The van der Waals surface area contributed by atoms with Crippen molar-refractivity contribution < 1.29 is 13.9 Å². The number of hydrogen-bond donors (Lipinski definition) is 1. The Labute approximate surface area is 176 Å². The lowest BCUT2D eigenvalue weighted by molar-refractivity contribution is 0.0512. The van der Waals surface area contributed by atoms with Crippen molar-refractivity contribution in [1.29, 1.82) is 0 Å². The Morgan fingerprint density at radius 3 is 2.73 bits per heavy atom. The van der Waals surface area contributed by atoms with Gasteiger partial charge in [-0.05, 0) is 51.9 Å². The third-order valence-corrected chi connectivity index (χ3v) is 6.26. The third-order valence-electron chi connectivity index (χ3n) is 6.26. The highest BCUT2D eigenvalue weighted by Crippen LogP contribution is 2.50. The Morgan fingerprint density at radius 1 is 1.33 bits per heavy atom. The zero-order valence-corrected chi connectivity index (χ0v) is 17.9. The van der Waals surface area contributed by atoms with Gasteiger partial charge in [0.05, 0.1) is 11.8 Å². The van der Waals surface area contributed by atoms with Crippen LogP contribution in [0.2, 0.25) is 0 Å². The molecule has 160 valence electrons. The molecule has 1 saturated heterocycles. The summed E-state index contributed by atoms with van der Waals surface area (Å²) in [5.74, 6) is 0.668. The van der Waals surface area contributed by atoms with Crippen molar-refractivity contribution in [3.05, 3.63) is 42.1 Å². The van der Waals surface area contributed by atoms with Crippen LogP contribution in [0.3, 0.4) is 0 Å². The number of aromatic nitrogens is 2. The fourth-order valence-corrected chi connectivity index (χ4v) is 4.28. The van der Waals surface area contributed by atoms with E-state index in [1.54, 1.807) is 18.1 Å². The number of nitrogens with zero attached hydrogens (tertiary/aromatic N) is 4. The molecule has 0 bridgehead atoms. The summed E-state index contributed by atoms with van der Waals surface area (Å²) in [6, 6.07) is 4.55. The predicted octanol–water partition coefficient (Wildman–Crippen LogP) is 3.08. The van der Waals surface area contributed by atoms with Gasteiger partial charge in [0.2, 0.25) is 0 Å². The van der Waals surface area contributed by atoms with Crippen LogP contribution in [-0.2, 0) is 0 Å². The molecule has 0 radical (unpaired) electrons. The number of benzene rings is 1. The minimum absolute atomic E-state index is 0.0228. The molecule has 1 aliphatic carbocycles. The summed E-state index contributed by atoms with van der Waals surface area (Å²) in [6.07, 6.45) is 5.42. The van der Waals surface area contributed by atoms with Crippen molar-refractivity contribution in [2.75, 3.05) is 32.1 Å². The highest BCUT2D eigenvalue weighted by atomic mass is 19.1. The van der Waals surface area contributed by atoms with Crippen molar-refractivity contribution in [2.24, 2.45) is 5.41 Å². The molecule has 30 heavy (non-hydrogen) atoms. The summed E-state index contributed by atoms with van der Waals surface area (Å²) in [5, 5.41) is 3.33. The first-order valence-electron chi connectivity index (χ1n) is 10.3. The van der Waals surface area contributed by atoms with Gasteiger partial charge in [-0.1, -0.05) is 0 Å². The predicted molar refractivity (Wildman–Crippen MR) is 112 cm³/mol. The van der Waals surface area contributed by atoms with E-state index in [0.29, 0.717) is 28.8 Å². The van der Waals surface area contributed by atoms with E-state index in [1.807, 2.05) is 20.9 Å². The van der Waals surface area contributed by atoms with Crippen molar-refractivity contribution in [2.45, 2.75) is 38.8 Å². The molecule has 1 N–H and O–H groups in total. The lowest BCUT2D eigenvalue weighted by Gasteiger charge is -2.59. The topological polar surface area (TPSA) is 70.6 Å². The zero-order chi connectivity index (χ0) is 21.5. The zero-order valence-electron chi connectivity index (χ0n) is 17.9. The highest BCUT2D eigenvalue weighted by molar-refractivity contribution is 5.97. The molecule has 4 rings (SSSR count). The summed E-state index contributed by atoms with van der Waals surface area (Å²) >= 11 is 0. The van der Waals surface area contributed by atoms with Gasteiger partial charge in [0, 0.05) is 37.6 Å². The number of rotatable bonds is 6. The number of hydrogen-bond acceptors (Lipinski definition) is 6. The summed E-state index contributed by atoms with van der Waals surface area (Å²) in [5.41, 5.74) is 0.532. The van der Waals surface area contributed by atoms with Gasteiger partial charge in [-0.15, -0.1) is 0 Å². The van der Waals surface area contributed by atoms with E-state index < -0.39 is 5.82 Å². The van der Waals surface area contributed by atoms with Gasteiger partial charge in [0.25, 0.3) is 5.91 Å². The molecular weight excluding hydrogens is 385 g/mol. The second kappa shape index (κ2) is 7.83. The average Bonchev–Trinajstić information content (AvgIpc) is 2.67. The van der Waals surface area contributed by atoms with Crippen LogP contribution in [0.15, 0.2) is 30.7 Å². The molecule has 1 amide bonds. The number of nitrogens with one attached hydrogen (secondary N) is 1. The second-order valence-electron chi connectivity index (χ2n) is 8.71. The van der Waals surface area contributed by atoms with E-state index in [9.17, 15) is 9.18 Å². The molecule has 8 heteroatoms. The van der Waals surface area contributed by atoms with E-state index in [0.717, 1.165) is 13.1 Å². The average molecular weight is 413 g/mol. The van der Waals surface area contributed by atoms with Gasteiger partial charge in [-0.25, -0.2) is 14.4 Å². The minimum atomic E-state index is -0.485. The highest BCUT2D eigenvalue weighted by Gasteiger charge is 2.52. The summed E-state index contributed by atoms with van der Waals surface area (Å²) in [6.45, 7) is 5.65. The van der Waals surface area contributed by atoms with Crippen LogP contribution in [0.4, 0.5) is 10.2 Å². The van der Waals surface area contributed by atoms with E-state index in [2.05, 4.69) is 20.2 Å². The van der Waals surface area contributed by atoms with Crippen LogP contribution >= 0.6 is 0 Å². The maximum absolute atomic E-state index is 13.9. The standard InChI is InChI=1S/C22H28FN5O2/c1-14(2)27(4)21(29)17-7-15(23)5-6-18(17)30-19-10-25-13-26-20(19)28-11-22(12-28)8-16(9-22)24-3/h5-7,10,13-14,16,24H,8-9,11-12H2,1-4H3. The number of carbonyl (C=O) groups is 1. The van der Waals surface area contributed by atoms with Crippen molar-refractivity contribution in [3.63, 3.8) is 0 Å². The quantitative estimate of drug-likeness (QED) is 0.785. The molecule has 2 aromatic rings. The monoisotopic (exact) mass is 413 g/mol. The lowest BCUT2D eigenvalue weighted by Crippen LogP contribution is -2.66. The maximum atomic E-state index is 13.9. The molecule has 7 nitrogen and oxygen atoms in total. The molecular formula is C22H28FN5O2. The van der Waals surface area contributed by atoms with Crippen LogP contribution < -0.4 is 15.0 Å². The van der Waals surface area contributed by atoms with Crippen LogP contribution in [0.5, 0.6) is 11.5 Å². The molecule has 2 aliphatic rings. The first-order valence-corrected chi connectivity index (χ1v) is 10.3. The lowest BCUT2D eigenvalue weighted by atomic mass is 9.60. The van der Waals surface area contributed by atoms with Crippen molar-refractivity contribution in [1.82, 2.24) is 20.2 Å². The van der Waals surface area contributed by atoms with E-state index in [-0.39, 0.29) is 17.5 Å². The minimum Gasteiger partial charge on any atom is -0.451 e. The second-order valence-corrected chi connectivity index (χ2v) is 8.71. The summed E-state index contributed by atoms with van der Waals surface area (Å²) in [7, 11) is 3.69. The molecule has 1 aliphatic heterocycles. The number of amides is 1. The van der Waals surface area contributed by atoms with E-state index >= 15 is 0 Å². The van der Waals surface area contributed by atoms with Crippen LogP contribution in [0.1, 0.15) is 37.0 Å². The van der Waals surface area contributed by atoms with Crippen molar-refractivity contribution in [3.8, 4) is 11.5 Å². The smallest absolute Gasteiger partial charge is 0.257 e. The van der Waals surface area contributed by atoms with Gasteiger partial charge in [-0.2, -0.15) is 0 Å². The number of ether oxygens (including phenoxy) is 1. The molecule has 1 aromatic carbocycles. The SMILES string of the molecule is CNC1CC2(C1)CN(c1ncncc1Oc1ccc(F)cc1C(=O)N(C)C(C)C)C2. The van der Waals surface area contributed by atoms with Crippen LogP contribution in [0, 0.1) is 11.2 Å². The Kier molecular flexibility index (Phi) is 5.36. The van der Waals surface area contributed by atoms with Crippen LogP contribution in [0.25, 0.3) is 0 Å². The largest absolute Gasteiger partial charge is 0.451 e. The number of anilines is 1. The molecule has 0 unspecified atom stereocenters. The van der Waals surface area contributed by atoms with Gasteiger partial charge in [0.1, 0.15) is 17.9 Å². The molecule has 1 aromatic heterocycles. The van der Waals surface area contributed by atoms with Gasteiger partial charge in [0.15, 0.2) is 11.6 Å². The summed E-state index contributed by atoms with van der Waals surface area (Å²) < 4.78 is 20.0. The maximum Gasteiger partial charge on any atom is 0.257 e. The Hall–Kier alpha value is -2.74. The van der Waals surface area contributed by atoms with Gasteiger partial charge >= 0.3 is 0 Å². The number of halogens is 1. The molecule has 1 saturated carbocycles. The van der Waals surface area contributed by atoms with E-state index in [4.69, 9.17) is 4.74 Å². The van der Waals surface area contributed by atoms with Gasteiger partial charge < -0.3 is 19.9 Å². The van der Waals surface area contributed by atoms with Crippen molar-refractivity contribution >= 4 is 11.7 Å². The molecule has 0 atom stereocenters. The normalized spacial score (nSPS) is 17.6.